The molecule has 2 heterocycles. The van der Waals surface area contributed by atoms with Crippen LogP contribution in [0, 0.1) is 29.6 Å². The molecule has 2 aromatic rings. The Hall–Kier alpha value is -2.87. The van der Waals surface area contributed by atoms with Crippen LogP contribution in [0.25, 0.3) is 0 Å². The number of nitrogens with one attached hydrogen (secondary N) is 1. The van der Waals surface area contributed by atoms with Crippen molar-refractivity contribution in [3.8, 4) is 11.8 Å². The molecule has 1 aromatic carbocycles. The lowest BCUT2D eigenvalue weighted by Gasteiger charge is -2.30. The van der Waals surface area contributed by atoms with Gasteiger partial charge in [0.05, 0.1) is 11.6 Å². The van der Waals surface area contributed by atoms with Gasteiger partial charge < -0.3 is 9.30 Å². The lowest BCUT2D eigenvalue weighted by atomic mass is 9.80. The van der Waals surface area contributed by atoms with Gasteiger partial charge in [-0.05, 0) is 18.9 Å². The normalized spacial score (nSPS) is 19.6. The largest absolute Gasteiger partial charge is 0.442 e. The third-order valence-corrected chi connectivity index (χ3v) is 4.38. The van der Waals surface area contributed by atoms with Crippen molar-refractivity contribution in [3.05, 3.63) is 63.6 Å². The zero-order valence-electron chi connectivity index (χ0n) is 13.0. The summed E-state index contributed by atoms with van der Waals surface area (Å²) in [6.07, 6.45) is 0.524. The Morgan fingerprint density at radius 2 is 2.04 bits per heavy atom. The fourth-order valence-corrected chi connectivity index (χ4v) is 3.00. The van der Waals surface area contributed by atoms with Crippen LogP contribution >= 0.6 is 0 Å². The lowest BCUT2D eigenvalue weighted by Crippen LogP contribution is -2.37. The number of nitriles is 1. The highest BCUT2D eigenvalue weighted by Crippen LogP contribution is 2.38. The third-order valence-electron chi connectivity index (χ3n) is 4.38. The molecule has 1 aromatic heterocycles. The van der Waals surface area contributed by atoms with Crippen molar-refractivity contribution < 1.29 is 4.74 Å². The minimum atomic E-state index is -0.752. The van der Waals surface area contributed by atoms with Crippen molar-refractivity contribution >= 4 is 5.90 Å². The van der Waals surface area contributed by atoms with E-state index in [-0.39, 0.29) is 17.4 Å². The van der Waals surface area contributed by atoms with Crippen molar-refractivity contribution in [2.75, 3.05) is 0 Å². The van der Waals surface area contributed by atoms with E-state index in [0.717, 1.165) is 11.3 Å². The molecular formula is C18H17N3O2. The molecular weight excluding hydrogens is 290 g/mol. The van der Waals surface area contributed by atoms with E-state index in [4.69, 9.17) is 10.1 Å². The van der Waals surface area contributed by atoms with E-state index in [1.165, 1.54) is 0 Å². The highest BCUT2D eigenvalue weighted by molar-refractivity contribution is 5.84. The van der Waals surface area contributed by atoms with Crippen molar-refractivity contribution in [3.63, 3.8) is 0 Å². The van der Waals surface area contributed by atoms with E-state index in [1.807, 2.05) is 37.3 Å². The maximum atomic E-state index is 12.7. The van der Waals surface area contributed by atoms with E-state index < -0.39 is 5.92 Å². The standard InChI is InChI=1S/C18H17N3O2/c1-11-8-15-16(18(22)21(11)2)13(14(10-19)17(20)23-15)9-12-6-4-3-5-7-12/h3-8,13-14,20H,9H2,1-2H3. The number of hydrogen-bond donors (Lipinski definition) is 1. The van der Waals surface area contributed by atoms with E-state index in [2.05, 4.69) is 6.07 Å². The number of fused-ring (bicyclic) bond motifs is 1. The van der Waals surface area contributed by atoms with Crippen LogP contribution < -0.4 is 10.3 Å². The van der Waals surface area contributed by atoms with Crippen molar-refractivity contribution in [2.24, 2.45) is 13.0 Å². The van der Waals surface area contributed by atoms with Crippen LogP contribution in [0.1, 0.15) is 22.7 Å². The van der Waals surface area contributed by atoms with Crippen LogP contribution in [-0.2, 0) is 13.5 Å². The molecule has 1 aliphatic rings. The van der Waals surface area contributed by atoms with Crippen LogP contribution in [-0.4, -0.2) is 10.5 Å². The summed E-state index contributed by atoms with van der Waals surface area (Å²) in [5, 5.41) is 17.5. The number of benzene rings is 1. The molecule has 0 fully saturated rings. The summed E-state index contributed by atoms with van der Waals surface area (Å²) in [7, 11) is 1.71. The Balaban J connectivity index is 2.17. The monoisotopic (exact) mass is 307 g/mol. The van der Waals surface area contributed by atoms with Gasteiger partial charge >= 0.3 is 0 Å². The molecule has 116 valence electrons. The van der Waals surface area contributed by atoms with Crippen LogP contribution in [0.5, 0.6) is 5.75 Å². The minimum Gasteiger partial charge on any atom is -0.442 e. The minimum absolute atomic E-state index is 0.0893. The van der Waals surface area contributed by atoms with Gasteiger partial charge in [0, 0.05) is 24.7 Å². The molecule has 0 saturated carbocycles. The fraction of sp³-hybridized carbons (Fsp3) is 0.278. The Kier molecular flexibility index (Phi) is 3.75. The van der Waals surface area contributed by atoms with Gasteiger partial charge in [-0.25, -0.2) is 0 Å². The van der Waals surface area contributed by atoms with Crippen molar-refractivity contribution in [2.45, 2.75) is 19.3 Å². The van der Waals surface area contributed by atoms with Gasteiger partial charge in [-0.15, -0.1) is 0 Å². The lowest BCUT2D eigenvalue weighted by molar-refractivity contribution is 0.419. The second-order valence-electron chi connectivity index (χ2n) is 5.80. The first-order valence-corrected chi connectivity index (χ1v) is 7.43. The smallest absolute Gasteiger partial charge is 0.257 e. The van der Waals surface area contributed by atoms with E-state index in [0.29, 0.717) is 17.7 Å². The SMILES string of the molecule is Cc1cc2c(c(=O)n1C)C(Cc1ccccc1)C(C#N)C(=N)O2. The van der Waals surface area contributed by atoms with Gasteiger partial charge in [0.2, 0.25) is 5.90 Å². The van der Waals surface area contributed by atoms with E-state index in [9.17, 15) is 10.1 Å². The number of aromatic nitrogens is 1. The topological polar surface area (TPSA) is 78.9 Å². The Labute approximate surface area is 134 Å². The third kappa shape index (κ3) is 2.53. The zero-order chi connectivity index (χ0) is 16.6. The summed E-state index contributed by atoms with van der Waals surface area (Å²) in [6.45, 7) is 1.82. The van der Waals surface area contributed by atoms with Crippen LogP contribution in [0.15, 0.2) is 41.2 Å². The molecule has 0 bridgehead atoms. The Morgan fingerprint density at radius 3 is 2.70 bits per heavy atom. The molecule has 0 saturated heterocycles. The Bertz CT molecular complexity index is 862. The molecule has 3 rings (SSSR count). The molecule has 1 N–H and O–H groups in total. The average molecular weight is 307 g/mol. The van der Waals surface area contributed by atoms with Crippen LogP contribution in [0.3, 0.4) is 0 Å². The molecule has 5 heteroatoms. The molecule has 0 aliphatic carbocycles. The van der Waals surface area contributed by atoms with Gasteiger partial charge in [0.15, 0.2) is 0 Å². The number of pyridine rings is 1. The molecule has 0 amide bonds. The van der Waals surface area contributed by atoms with Gasteiger partial charge in [-0.3, -0.25) is 10.2 Å². The predicted octanol–water partition coefficient (Wildman–Crippen LogP) is 2.53. The van der Waals surface area contributed by atoms with Crippen molar-refractivity contribution in [1.82, 2.24) is 4.57 Å². The summed E-state index contributed by atoms with van der Waals surface area (Å²) in [4.78, 5) is 12.7. The molecule has 5 nitrogen and oxygen atoms in total. The molecule has 1 aliphatic heterocycles. The van der Waals surface area contributed by atoms with E-state index in [1.54, 1.807) is 17.7 Å². The van der Waals surface area contributed by atoms with Crippen molar-refractivity contribution in [1.29, 1.82) is 10.7 Å². The highest BCUT2D eigenvalue weighted by atomic mass is 16.5. The number of hydrogen-bond acceptors (Lipinski definition) is 4. The molecule has 2 atom stereocenters. The van der Waals surface area contributed by atoms with Crippen LogP contribution in [0.2, 0.25) is 0 Å². The first-order chi connectivity index (χ1) is 11.0. The highest BCUT2D eigenvalue weighted by Gasteiger charge is 2.38. The maximum Gasteiger partial charge on any atom is 0.257 e. The van der Waals surface area contributed by atoms with E-state index >= 15 is 0 Å². The maximum absolute atomic E-state index is 12.7. The van der Waals surface area contributed by atoms with Gasteiger partial charge in [-0.1, -0.05) is 30.3 Å². The average Bonchev–Trinajstić information content (AvgIpc) is 2.53. The van der Waals surface area contributed by atoms with Gasteiger partial charge in [0.1, 0.15) is 11.7 Å². The quantitative estimate of drug-likeness (QED) is 0.926. The molecule has 2 unspecified atom stereocenters. The van der Waals surface area contributed by atoms with Gasteiger partial charge in [0.25, 0.3) is 5.56 Å². The van der Waals surface area contributed by atoms with Gasteiger partial charge in [-0.2, -0.15) is 5.26 Å². The Morgan fingerprint density at radius 1 is 1.35 bits per heavy atom. The zero-order valence-corrected chi connectivity index (χ0v) is 13.0. The second-order valence-corrected chi connectivity index (χ2v) is 5.80. The number of aryl methyl sites for hydroxylation is 1. The first-order valence-electron chi connectivity index (χ1n) is 7.43. The summed E-state index contributed by atoms with van der Waals surface area (Å²) in [5.41, 5.74) is 2.12. The number of ether oxygens (including phenoxy) is 1. The summed E-state index contributed by atoms with van der Waals surface area (Å²) in [5.74, 6) is -0.812. The number of nitrogens with zero attached hydrogens (tertiary/aromatic N) is 2. The molecule has 0 radical (unpaired) electrons. The molecule has 0 spiro atoms. The second kappa shape index (κ2) is 5.73. The first kappa shape index (κ1) is 15.0. The summed E-state index contributed by atoms with van der Waals surface area (Å²) in [6, 6.07) is 13.6. The van der Waals surface area contributed by atoms with Crippen LogP contribution in [0.4, 0.5) is 0 Å². The molecule has 23 heavy (non-hydrogen) atoms. The predicted molar refractivity (Wildman–Crippen MR) is 86.8 cm³/mol. The summed E-state index contributed by atoms with van der Waals surface area (Å²) < 4.78 is 7.03. The summed E-state index contributed by atoms with van der Waals surface area (Å²) >= 11 is 0. The fourth-order valence-electron chi connectivity index (χ4n) is 3.00. The number of rotatable bonds is 2.